The van der Waals surface area contributed by atoms with Crippen LogP contribution in [-0.4, -0.2) is 79.7 Å². The third-order valence-corrected chi connectivity index (χ3v) is 6.75. The number of rotatable bonds is 6. The molecule has 2 atom stereocenters. The van der Waals surface area contributed by atoms with E-state index in [1.54, 1.807) is 11.3 Å². The Hall–Kier alpha value is -0.0200. The highest BCUT2D eigenvalue weighted by Crippen LogP contribution is 2.27. The summed E-state index contributed by atoms with van der Waals surface area (Å²) in [4.78, 5) is 18.3. The highest BCUT2D eigenvalue weighted by molar-refractivity contribution is 7.99. The Kier molecular flexibility index (Phi) is 11.5. The number of nitrogens with one attached hydrogen (secondary N) is 1. The van der Waals surface area contributed by atoms with E-state index in [-0.39, 0.29) is 36.8 Å². The predicted molar refractivity (Wildman–Crippen MR) is 115 cm³/mol. The van der Waals surface area contributed by atoms with Crippen molar-refractivity contribution in [3.05, 3.63) is 22.4 Å². The number of thiophene rings is 1. The van der Waals surface area contributed by atoms with E-state index >= 15 is 0 Å². The van der Waals surface area contributed by atoms with Gasteiger partial charge in [0.05, 0.1) is 19.3 Å². The van der Waals surface area contributed by atoms with Crippen molar-refractivity contribution in [2.75, 3.05) is 57.9 Å². The van der Waals surface area contributed by atoms with Gasteiger partial charge < -0.3 is 15.0 Å². The highest BCUT2D eigenvalue weighted by atomic mass is 35.5. The first kappa shape index (κ1) is 24.0. The first-order chi connectivity index (χ1) is 11.7. The Morgan fingerprint density at radius 2 is 2.19 bits per heavy atom. The van der Waals surface area contributed by atoms with Gasteiger partial charge in [-0.15, -0.1) is 36.2 Å². The van der Waals surface area contributed by atoms with Crippen LogP contribution in [0.1, 0.15) is 17.3 Å². The lowest BCUT2D eigenvalue weighted by Crippen LogP contribution is -2.46. The molecule has 2 saturated heterocycles. The molecule has 3 rings (SSSR count). The SMILES string of the molecule is CN(CC(c1cccs1)N1CCOCC1)C(=O)CC1CSCCN1.Cl.Cl. The van der Waals surface area contributed by atoms with Crippen molar-refractivity contribution in [2.24, 2.45) is 0 Å². The largest absolute Gasteiger partial charge is 0.379 e. The summed E-state index contributed by atoms with van der Waals surface area (Å²) < 4.78 is 5.49. The van der Waals surface area contributed by atoms with Crippen LogP contribution < -0.4 is 5.32 Å². The minimum absolute atomic E-state index is 0. The number of carbonyl (C=O) groups is 1. The lowest BCUT2D eigenvalue weighted by Gasteiger charge is -2.36. The molecule has 0 spiro atoms. The molecule has 5 nitrogen and oxygen atoms in total. The van der Waals surface area contributed by atoms with E-state index in [2.05, 4.69) is 27.7 Å². The molecule has 0 saturated carbocycles. The summed E-state index contributed by atoms with van der Waals surface area (Å²) in [6.07, 6.45) is 0.601. The highest BCUT2D eigenvalue weighted by Gasteiger charge is 2.27. The van der Waals surface area contributed by atoms with Gasteiger partial charge in [0.25, 0.3) is 0 Å². The molecule has 1 aromatic heterocycles. The van der Waals surface area contributed by atoms with E-state index in [1.165, 1.54) is 4.88 Å². The zero-order chi connectivity index (χ0) is 16.8. The summed E-state index contributed by atoms with van der Waals surface area (Å²) in [5, 5.41) is 5.57. The summed E-state index contributed by atoms with van der Waals surface area (Å²) in [6, 6.07) is 4.87. The van der Waals surface area contributed by atoms with Crippen LogP contribution in [0.2, 0.25) is 0 Å². The molecule has 9 heteroatoms. The summed E-state index contributed by atoms with van der Waals surface area (Å²) in [6.45, 7) is 5.19. The molecule has 0 bridgehead atoms. The Morgan fingerprint density at radius 1 is 1.42 bits per heavy atom. The van der Waals surface area contributed by atoms with Gasteiger partial charge in [0.15, 0.2) is 0 Å². The number of thioether (sulfide) groups is 1. The molecule has 2 unspecified atom stereocenters. The number of nitrogens with zero attached hydrogens (tertiary/aromatic N) is 2. The molecule has 0 aromatic carbocycles. The molecule has 0 aliphatic carbocycles. The van der Waals surface area contributed by atoms with Gasteiger partial charge in [-0.25, -0.2) is 0 Å². The van der Waals surface area contributed by atoms with Crippen LogP contribution in [0.25, 0.3) is 0 Å². The molecule has 150 valence electrons. The average molecular weight is 442 g/mol. The molecular formula is C17H29Cl2N3O2S2. The zero-order valence-electron chi connectivity index (χ0n) is 15.1. The Morgan fingerprint density at radius 3 is 2.81 bits per heavy atom. The standard InChI is InChI=1S/C17H27N3O2S2.2ClH/c1-19(17(21)11-14-13-23-10-4-18-14)12-15(16-3-2-9-24-16)20-5-7-22-8-6-20;;/h2-3,9,14-15,18H,4-8,10-13H2,1H3;2*1H. The van der Waals surface area contributed by atoms with Gasteiger partial charge in [-0.1, -0.05) is 6.07 Å². The first-order valence-corrected chi connectivity index (χ1v) is 10.7. The van der Waals surface area contributed by atoms with Crippen molar-refractivity contribution in [3.8, 4) is 0 Å². The maximum atomic E-state index is 12.6. The number of hydrogen-bond donors (Lipinski definition) is 1. The van der Waals surface area contributed by atoms with Gasteiger partial charge in [-0.05, 0) is 11.4 Å². The molecule has 1 N–H and O–H groups in total. The van der Waals surface area contributed by atoms with Crippen LogP contribution in [-0.2, 0) is 9.53 Å². The number of hydrogen-bond acceptors (Lipinski definition) is 6. The van der Waals surface area contributed by atoms with Crippen LogP contribution in [0, 0.1) is 0 Å². The smallest absolute Gasteiger partial charge is 0.223 e. The van der Waals surface area contributed by atoms with E-state index in [9.17, 15) is 4.79 Å². The molecule has 3 heterocycles. The van der Waals surface area contributed by atoms with Crippen LogP contribution in [0.15, 0.2) is 17.5 Å². The Labute approximate surface area is 177 Å². The number of morpholine rings is 1. The van der Waals surface area contributed by atoms with Gasteiger partial charge >= 0.3 is 0 Å². The molecule has 1 aromatic rings. The maximum Gasteiger partial charge on any atom is 0.223 e. The average Bonchev–Trinajstić information content (AvgIpc) is 3.15. The summed E-state index contributed by atoms with van der Waals surface area (Å²) in [5.74, 6) is 2.43. The van der Waals surface area contributed by atoms with E-state index in [0.29, 0.717) is 12.5 Å². The van der Waals surface area contributed by atoms with Gasteiger partial charge in [0.2, 0.25) is 5.91 Å². The predicted octanol–water partition coefficient (Wildman–Crippen LogP) is 2.52. The second kappa shape index (κ2) is 12.4. The Bertz CT molecular complexity index is 510. The van der Waals surface area contributed by atoms with Crippen molar-refractivity contribution in [1.29, 1.82) is 0 Å². The van der Waals surface area contributed by atoms with Crippen LogP contribution in [0.3, 0.4) is 0 Å². The van der Waals surface area contributed by atoms with E-state index in [1.807, 2.05) is 23.7 Å². The van der Waals surface area contributed by atoms with Gasteiger partial charge in [-0.2, -0.15) is 11.8 Å². The molecule has 0 radical (unpaired) electrons. The molecule has 2 aliphatic heterocycles. The lowest BCUT2D eigenvalue weighted by molar-refractivity contribution is -0.131. The maximum absolute atomic E-state index is 12.6. The second-order valence-electron chi connectivity index (χ2n) is 6.38. The summed E-state index contributed by atoms with van der Waals surface area (Å²) in [7, 11) is 1.94. The van der Waals surface area contributed by atoms with Crippen molar-refractivity contribution in [1.82, 2.24) is 15.1 Å². The minimum atomic E-state index is 0. The van der Waals surface area contributed by atoms with Crippen molar-refractivity contribution in [3.63, 3.8) is 0 Å². The summed E-state index contributed by atoms with van der Waals surface area (Å²) in [5.41, 5.74) is 0. The summed E-state index contributed by atoms with van der Waals surface area (Å²) >= 11 is 3.72. The van der Waals surface area contributed by atoms with Crippen molar-refractivity contribution in [2.45, 2.75) is 18.5 Å². The number of ether oxygens (including phenoxy) is 1. The molecule has 2 aliphatic rings. The van der Waals surface area contributed by atoms with Crippen LogP contribution in [0.4, 0.5) is 0 Å². The van der Waals surface area contributed by atoms with E-state index in [4.69, 9.17) is 4.74 Å². The molecule has 2 fully saturated rings. The third kappa shape index (κ3) is 6.86. The monoisotopic (exact) mass is 441 g/mol. The molecular weight excluding hydrogens is 413 g/mol. The minimum Gasteiger partial charge on any atom is -0.379 e. The topological polar surface area (TPSA) is 44.8 Å². The first-order valence-electron chi connectivity index (χ1n) is 8.64. The normalized spacial score (nSPS) is 22.0. The zero-order valence-corrected chi connectivity index (χ0v) is 18.4. The van der Waals surface area contributed by atoms with Crippen molar-refractivity contribution < 1.29 is 9.53 Å². The fourth-order valence-electron chi connectivity index (χ4n) is 3.23. The molecule has 26 heavy (non-hydrogen) atoms. The Balaban J connectivity index is 0.00000169. The van der Waals surface area contributed by atoms with E-state index < -0.39 is 0 Å². The molecule has 1 amide bonds. The second-order valence-corrected chi connectivity index (χ2v) is 8.51. The third-order valence-electron chi connectivity index (χ3n) is 4.65. The van der Waals surface area contributed by atoms with Crippen molar-refractivity contribution >= 4 is 53.8 Å². The van der Waals surface area contributed by atoms with Crippen LogP contribution >= 0.6 is 47.9 Å². The van der Waals surface area contributed by atoms with Gasteiger partial charge in [0, 0.05) is 62.1 Å². The van der Waals surface area contributed by atoms with Crippen LogP contribution in [0.5, 0.6) is 0 Å². The van der Waals surface area contributed by atoms with E-state index in [0.717, 1.165) is 50.9 Å². The number of amides is 1. The number of halogens is 2. The van der Waals surface area contributed by atoms with Gasteiger partial charge in [-0.3, -0.25) is 9.69 Å². The number of carbonyl (C=O) groups excluding carboxylic acids is 1. The quantitative estimate of drug-likeness (QED) is 0.734. The fraction of sp³-hybridized carbons (Fsp3) is 0.706. The lowest BCUT2D eigenvalue weighted by atomic mass is 10.1. The van der Waals surface area contributed by atoms with Gasteiger partial charge in [0.1, 0.15) is 0 Å². The number of likely N-dealkylation sites (N-methyl/N-ethyl adjacent to an activating group) is 1. The fourth-order valence-corrected chi connectivity index (χ4v) is 5.04.